The lowest BCUT2D eigenvalue weighted by atomic mass is 10.1. The Balaban J connectivity index is 1.56. The van der Waals surface area contributed by atoms with Crippen molar-refractivity contribution in [1.82, 2.24) is 19.6 Å². The summed E-state index contributed by atoms with van der Waals surface area (Å²) < 4.78 is 25.8. The summed E-state index contributed by atoms with van der Waals surface area (Å²) in [5.41, 5.74) is 1.41. The molecule has 3 aromatic rings. The van der Waals surface area contributed by atoms with Gasteiger partial charge in [-0.2, -0.15) is 5.10 Å². The Hall–Kier alpha value is -2.79. The van der Waals surface area contributed by atoms with Crippen LogP contribution in [0.5, 0.6) is 0 Å². The summed E-state index contributed by atoms with van der Waals surface area (Å²) in [7, 11) is -1.56. The first-order valence-electron chi connectivity index (χ1n) is 9.46. The molecule has 0 bridgehead atoms. The molecule has 11 heteroatoms. The molecule has 0 atom stereocenters. The fraction of sp³-hybridized carbons (Fsp3) is 0.250. The van der Waals surface area contributed by atoms with Gasteiger partial charge < -0.3 is 5.32 Å². The predicted octanol–water partition coefficient (Wildman–Crippen LogP) is 3.44. The van der Waals surface area contributed by atoms with Gasteiger partial charge in [-0.25, -0.2) is 13.4 Å². The number of carbonyl (C=O) groups is 1. The molecule has 1 aliphatic rings. The Morgan fingerprint density at radius 1 is 1.26 bits per heavy atom. The van der Waals surface area contributed by atoms with E-state index in [2.05, 4.69) is 20.5 Å². The molecule has 1 aliphatic carbocycles. The number of nitrogens with zero attached hydrogens (tertiary/aromatic N) is 3. The van der Waals surface area contributed by atoms with E-state index in [1.807, 2.05) is 6.07 Å². The van der Waals surface area contributed by atoms with Crippen molar-refractivity contribution in [3.63, 3.8) is 0 Å². The number of anilines is 1. The van der Waals surface area contributed by atoms with Gasteiger partial charge in [0.1, 0.15) is 10.7 Å². The zero-order valence-electron chi connectivity index (χ0n) is 16.8. The van der Waals surface area contributed by atoms with Crippen molar-refractivity contribution in [2.75, 3.05) is 19.5 Å². The number of hydrogen-bond acceptors (Lipinski definition) is 6. The average molecular weight is 462 g/mol. The summed E-state index contributed by atoms with van der Waals surface area (Å²) in [5.74, 6) is 1.40. The zero-order valence-corrected chi connectivity index (χ0v) is 18.4. The van der Waals surface area contributed by atoms with Crippen molar-refractivity contribution in [3.05, 3.63) is 58.9 Å². The van der Waals surface area contributed by atoms with Gasteiger partial charge in [0.05, 0.1) is 12.1 Å². The summed E-state index contributed by atoms with van der Waals surface area (Å²) in [6.07, 6.45) is 2.23. The molecule has 2 N–H and O–H groups in total. The molecule has 0 aliphatic heterocycles. The van der Waals surface area contributed by atoms with Crippen molar-refractivity contribution in [2.24, 2.45) is 0 Å². The number of hydrogen-bond donors (Lipinski definition) is 2. The Morgan fingerprint density at radius 2 is 2.03 bits per heavy atom. The molecule has 0 saturated heterocycles. The fourth-order valence-corrected chi connectivity index (χ4v) is 4.43. The maximum Gasteiger partial charge on any atom is 0.266 e. The smallest absolute Gasteiger partial charge is 0.266 e. The summed E-state index contributed by atoms with van der Waals surface area (Å²) in [6, 6.07) is 11.1. The van der Waals surface area contributed by atoms with E-state index in [-0.39, 0.29) is 15.5 Å². The van der Waals surface area contributed by atoms with Crippen LogP contribution >= 0.6 is 11.6 Å². The SMILES string of the molecule is CON(C)S(=O)(=O)c1cc(C(=O)Nc2cccc(-c3n[nH]c(C4CC4)n3)c2)ccc1Cl. The Morgan fingerprint density at radius 3 is 2.74 bits per heavy atom. The highest BCUT2D eigenvalue weighted by atomic mass is 35.5. The zero-order chi connectivity index (χ0) is 22.2. The minimum atomic E-state index is -4.01. The van der Waals surface area contributed by atoms with Crippen molar-refractivity contribution in [3.8, 4) is 11.4 Å². The highest BCUT2D eigenvalue weighted by Crippen LogP contribution is 2.38. The quantitative estimate of drug-likeness (QED) is 0.520. The highest BCUT2D eigenvalue weighted by Gasteiger charge is 2.27. The number of aromatic nitrogens is 3. The number of sulfonamides is 1. The van der Waals surface area contributed by atoms with Crippen LogP contribution in [0.1, 0.15) is 34.9 Å². The van der Waals surface area contributed by atoms with E-state index in [0.29, 0.717) is 21.9 Å². The van der Waals surface area contributed by atoms with Crippen molar-refractivity contribution in [1.29, 1.82) is 0 Å². The summed E-state index contributed by atoms with van der Waals surface area (Å²) in [4.78, 5) is 21.8. The third-order valence-corrected chi connectivity index (χ3v) is 7.07. The van der Waals surface area contributed by atoms with Crippen LogP contribution in [0.2, 0.25) is 5.02 Å². The van der Waals surface area contributed by atoms with E-state index in [1.165, 1.54) is 32.4 Å². The maximum atomic E-state index is 12.8. The second-order valence-corrected chi connectivity index (χ2v) is 9.41. The molecule has 31 heavy (non-hydrogen) atoms. The molecule has 4 rings (SSSR count). The topological polar surface area (TPSA) is 117 Å². The maximum absolute atomic E-state index is 12.8. The second-order valence-electron chi connectivity index (χ2n) is 7.10. The summed E-state index contributed by atoms with van der Waals surface area (Å²) in [5, 5.41) is 9.96. The van der Waals surface area contributed by atoms with Gasteiger partial charge in [0.25, 0.3) is 15.9 Å². The first kappa shape index (κ1) is 21.4. The molecule has 9 nitrogen and oxygen atoms in total. The number of aromatic amines is 1. The minimum Gasteiger partial charge on any atom is -0.322 e. The van der Waals surface area contributed by atoms with Crippen molar-refractivity contribution >= 4 is 33.2 Å². The van der Waals surface area contributed by atoms with Gasteiger partial charge in [0.2, 0.25) is 0 Å². The third-order valence-electron chi connectivity index (χ3n) is 4.91. The molecule has 1 heterocycles. The van der Waals surface area contributed by atoms with E-state index in [0.717, 1.165) is 24.2 Å². The van der Waals surface area contributed by atoms with Crippen LogP contribution < -0.4 is 5.32 Å². The standard InChI is InChI=1S/C20H20ClN5O4S/c1-26(30-2)31(28,29)17-11-14(8-9-16(17)21)20(27)22-15-5-3-4-13(10-15)19-23-18(24-25-19)12-6-7-12/h3-5,8-12H,6-7H2,1-2H3,(H,22,27)(H,23,24,25). The Bertz CT molecular complexity index is 1240. The van der Waals surface area contributed by atoms with Crippen LogP contribution in [0.15, 0.2) is 47.4 Å². The van der Waals surface area contributed by atoms with Gasteiger partial charge in [0.15, 0.2) is 5.82 Å². The molecule has 1 amide bonds. The van der Waals surface area contributed by atoms with Crippen LogP contribution in [0, 0.1) is 0 Å². The monoisotopic (exact) mass is 461 g/mol. The predicted molar refractivity (Wildman–Crippen MR) is 115 cm³/mol. The fourth-order valence-electron chi connectivity index (χ4n) is 2.96. The molecule has 1 aromatic heterocycles. The second kappa shape index (κ2) is 8.39. The van der Waals surface area contributed by atoms with E-state index in [1.54, 1.807) is 18.2 Å². The van der Waals surface area contributed by atoms with Crippen LogP contribution in [0.4, 0.5) is 5.69 Å². The lowest BCUT2D eigenvalue weighted by Crippen LogP contribution is -2.26. The number of H-pyrrole nitrogens is 1. The Labute approximate surface area is 184 Å². The number of halogens is 1. The summed E-state index contributed by atoms with van der Waals surface area (Å²) in [6.45, 7) is 0. The van der Waals surface area contributed by atoms with E-state index >= 15 is 0 Å². The molecule has 1 fully saturated rings. The van der Waals surface area contributed by atoms with Crippen LogP contribution in [0.25, 0.3) is 11.4 Å². The number of rotatable bonds is 7. The molecular weight excluding hydrogens is 442 g/mol. The molecule has 1 saturated carbocycles. The minimum absolute atomic E-state index is 0.0153. The van der Waals surface area contributed by atoms with Crippen LogP contribution in [-0.2, 0) is 14.9 Å². The van der Waals surface area contributed by atoms with Crippen molar-refractivity contribution < 1.29 is 18.0 Å². The van der Waals surface area contributed by atoms with Gasteiger partial charge >= 0.3 is 0 Å². The molecule has 2 aromatic carbocycles. The summed E-state index contributed by atoms with van der Waals surface area (Å²) >= 11 is 6.05. The lowest BCUT2D eigenvalue weighted by molar-refractivity contribution is -0.0258. The molecule has 0 unspecified atom stereocenters. The number of nitrogens with one attached hydrogen (secondary N) is 2. The molecular formula is C20H20ClN5O4S. The number of hydroxylamine groups is 1. The lowest BCUT2D eigenvalue weighted by Gasteiger charge is -2.16. The van der Waals surface area contributed by atoms with Gasteiger partial charge in [0, 0.05) is 29.8 Å². The molecule has 0 spiro atoms. The van der Waals surface area contributed by atoms with Crippen LogP contribution in [0.3, 0.4) is 0 Å². The first-order chi connectivity index (χ1) is 14.8. The van der Waals surface area contributed by atoms with E-state index in [9.17, 15) is 13.2 Å². The van der Waals surface area contributed by atoms with Gasteiger partial charge in [-0.3, -0.25) is 14.7 Å². The van der Waals surface area contributed by atoms with Crippen LogP contribution in [-0.4, -0.2) is 48.1 Å². The van der Waals surface area contributed by atoms with Gasteiger partial charge in [-0.15, -0.1) is 0 Å². The van der Waals surface area contributed by atoms with Gasteiger partial charge in [-0.1, -0.05) is 28.2 Å². The molecule has 0 radical (unpaired) electrons. The largest absolute Gasteiger partial charge is 0.322 e. The van der Waals surface area contributed by atoms with E-state index in [4.69, 9.17) is 16.4 Å². The Kier molecular flexibility index (Phi) is 5.80. The highest BCUT2D eigenvalue weighted by molar-refractivity contribution is 7.89. The molecule has 162 valence electrons. The number of carbonyl (C=O) groups excluding carboxylic acids is 1. The van der Waals surface area contributed by atoms with Crippen molar-refractivity contribution in [2.45, 2.75) is 23.7 Å². The average Bonchev–Trinajstić information content (AvgIpc) is 3.49. The first-order valence-corrected chi connectivity index (χ1v) is 11.3. The third kappa shape index (κ3) is 4.47. The normalized spacial score (nSPS) is 14.1. The number of amides is 1. The number of benzene rings is 2. The van der Waals surface area contributed by atoms with Gasteiger partial charge in [-0.05, 0) is 43.2 Å². The van der Waals surface area contributed by atoms with E-state index < -0.39 is 15.9 Å².